The first-order chi connectivity index (χ1) is 4.22. The van der Waals surface area contributed by atoms with E-state index in [2.05, 4.69) is 4.98 Å². The quantitative estimate of drug-likeness (QED) is 0.595. The molecule has 0 radical (unpaired) electrons. The number of hydrogen-bond acceptors (Lipinski definition) is 2. The van der Waals surface area contributed by atoms with Crippen LogP contribution in [0.25, 0.3) is 0 Å². The predicted molar refractivity (Wildman–Crippen MR) is 35.9 cm³/mol. The molecule has 0 spiro atoms. The van der Waals surface area contributed by atoms with Crippen LogP contribution in [0.3, 0.4) is 0 Å². The number of aromatic hydroxyl groups is 1. The van der Waals surface area contributed by atoms with Crippen molar-refractivity contribution < 1.29 is 5.11 Å². The Bertz CT molecular complexity index is 206. The molecule has 4 heteroatoms. The maximum Gasteiger partial charge on any atom is 0.172 e. The molecule has 0 aliphatic carbocycles. The van der Waals surface area contributed by atoms with Crippen LogP contribution in [0.4, 0.5) is 0 Å². The summed E-state index contributed by atoms with van der Waals surface area (Å²) in [6.07, 6.45) is 1.42. The van der Waals surface area contributed by atoms with E-state index >= 15 is 0 Å². The first-order valence-electron chi connectivity index (χ1n) is 2.21. The topological polar surface area (TPSA) is 33.1 Å². The van der Waals surface area contributed by atoms with E-state index in [0.29, 0.717) is 0 Å². The first kappa shape index (κ1) is 6.65. The minimum absolute atomic E-state index is 0.0301. The zero-order chi connectivity index (χ0) is 6.85. The standard InChI is InChI=1S/C5H3Cl2NO/c6-3-1-2-8-5(7)4(3)9/h1-2,9H. The van der Waals surface area contributed by atoms with Crippen molar-refractivity contribution in [1.82, 2.24) is 4.98 Å². The van der Waals surface area contributed by atoms with Gasteiger partial charge in [0.1, 0.15) is 0 Å². The number of aromatic nitrogens is 1. The fourth-order valence-corrected chi connectivity index (χ4v) is 0.759. The summed E-state index contributed by atoms with van der Waals surface area (Å²) < 4.78 is 0. The third-order valence-corrected chi connectivity index (χ3v) is 1.41. The molecule has 1 heterocycles. The van der Waals surface area contributed by atoms with Crippen LogP contribution < -0.4 is 0 Å². The summed E-state index contributed by atoms with van der Waals surface area (Å²) in [5.74, 6) is -0.166. The van der Waals surface area contributed by atoms with E-state index in [1.54, 1.807) is 0 Å². The van der Waals surface area contributed by atoms with Crippen molar-refractivity contribution in [2.24, 2.45) is 0 Å². The number of rotatable bonds is 0. The Morgan fingerprint density at radius 2 is 2.11 bits per heavy atom. The molecule has 0 fully saturated rings. The molecule has 0 saturated heterocycles. The van der Waals surface area contributed by atoms with Gasteiger partial charge in [0.2, 0.25) is 0 Å². The van der Waals surface area contributed by atoms with Crippen LogP contribution in [-0.4, -0.2) is 10.1 Å². The molecule has 2 nitrogen and oxygen atoms in total. The predicted octanol–water partition coefficient (Wildman–Crippen LogP) is 2.09. The van der Waals surface area contributed by atoms with Gasteiger partial charge in [0.25, 0.3) is 0 Å². The molecule has 0 aromatic carbocycles. The van der Waals surface area contributed by atoms with Gasteiger partial charge in [-0.15, -0.1) is 0 Å². The second-order valence-electron chi connectivity index (χ2n) is 1.43. The van der Waals surface area contributed by atoms with Crippen LogP contribution in [0, 0.1) is 0 Å². The van der Waals surface area contributed by atoms with E-state index in [4.69, 9.17) is 28.3 Å². The average molecular weight is 164 g/mol. The molecule has 1 N–H and O–H groups in total. The first-order valence-corrected chi connectivity index (χ1v) is 2.96. The third-order valence-electron chi connectivity index (χ3n) is 0.830. The summed E-state index contributed by atoms with van der Waals surface area (Å²) in [7, 11) is 0. The van der Waals surface area contributed by atoms with Crippen molar-refractivity contribution in [3.8, 4) is 5.75 Å². The molecule has 0 amide bonds. The molecule has 48 valence electrons. The average Bonchev–Trinajstić information content (AvgIpc) is 1.83. The van der Waals surface area contributed by atoms with Gasteiger partial charge in [0.15, 0.2) is 10.9 Å². The smallest absolute Gasteiger partial charge is 0.172 e. The summed E-state index contributed by atoms with van der Waals surface area (Å²) in [5.41, 5.74) is 0. The molecular formula is C5H3Cl2NO. The summed E-state index contributed by atoms with van der Waals surface area (Å²) in [4.78, 5) is 3.57. The Hall–Kier alpha value is -0.470. The molecule has 0 aliphatic rings. The lowest BCUT2D eigenvalue weighted by molar-refractivity contribution is 0.473. The lowest BCUT2D eigenvalue weighted by Gasteiger charge is -1.94. The van der Waals surface area contributed by atoms with Gasteiger partial charge in [-0.05, 0) is 6.07 Å². The molecule has 0 aliphatic heterocycles. The fraction of sp³-hybridized carbons (Fsp3) is 0. The van der Waals surface area contributed by atoms with Gasteiger partial charge in [0, 0.05) is 6.20 Å². The summed E-state index contributed by atoms with van der Waals surface area (Å²) >= 11 is 10.8. The number of nitrogens with zero attached hydrogens (tertiary/aromatic N) is 1. The monoisotopic (exact) mass is 163 g/mol. The normalized spacial score (nSPS) is 9.56. The highest BCUT2D eigenvalue weighted by Gasteiger charge is 2.01. The largest absolute Gasteiger partial charge is 0.504 e. The zero-order valence-electron chi connectivity index (χ0n) is 4.31. The maximum absolute atomic E-state index is 8.88. The molecule has 0 bridgehead atoms. The molecular weight excluding hydrogens is 161 g/mol. The molecule has 1 aromatic heterocycles. The lowest BCUT2D eigenvalue weighted by atomic mass is 10.5. The third kappa shape index (κ3) is 1.26. The maximum atomic E-state index is 8.88. The summed E-state index contributed by atoms with van der Waals surface area (Å²) in [5, 5.41) is 9.13. The van der Waals surface area contributed by atoms with Gasteiger partial charge in [-0.3, -0.25) is 0 Å². The molecule has 9 heavy (non-hydrogen) atoms. The summed E-state index contributed by atoms with van der Waals surface area (Å²) in [6, 6.07) is 1.46. The van der Waals surface area contributed by atoms with E-state index in [-0.39, 0.29) is 15.9 Å². The van der Waals surface area contributed by atoms with E-state index in [1.807, 2.05) is 0 Å². The fourth-order valence-electron chi connectivity index (χ4n) is 0.407. The molecule has 0 atom stereocenters. The van der Waals surface area contributed by atoms with Gasteiger partial charge in [0.05, 0.1) is 5.02 Å². The number of pyridine rings is 1. The molecule has 1 rings (SSSR count). The number of halogens is 2. The van der Waals surface area contributed by atoms with Crippen LogP contribution in [0.5, 0.6) is 5.75 Å². The van der Waals surface area contributed by atoms with Gasteiger partial charge < -0.3 is 5.11 Å². The Kier molecular flexibility index (Phi) is 1.78. The number of hydrogen-bond donors (Lipinski definition) is 1. The van der Waals surface area contributed by atoms with E-state index in [9.17, 15) is 0 Å². The Morgan fingerprint density at radius 3 is 2.56 bits per heavy atom. The van der Waals surface area contributed by atoms with Crippen molar-refractivity contribution in [3.63, 3.8) is 0 Å². The lowest BCUT2D eigenvalue weighted by Crippen LogP contribution is -1.74. The van der Waals surface area contributed by atoms with Crippen molar-refractivity contribution in [2.75, 3.05) is 0 Å². The van der Waals surface area contributed by atoms with Gasteiger partial charge in [-0.25, -0.2) is 4.98 Å². The van der Waals surface area contributed by atoms with E-state index in [0.717, 1.165) is 0 Å². The minimum Gasteiger partial charge on any atom is -0.504 e. The van der Waals surface area contributed by atoms with Crippen molar-refractivity contribution in [2.45, 2.75) is 0 Å². The highest BCUT2D eigenvalue weighted by Crippen LogP contribution is 2.27. The van der Waals surface area contributed by atoms with Gasteiger partial charge in [-0.2, -0.15) is 0 Å². The highest BCUT2D eigenvalue weighted by atomic mass is 35.5. The Morgan fingerprint density at radius 1 is 1.44 bits per heavy atom. The van der Waals surface area contributed by atoms with Crippen molar-refractivity contribution >= 4 is 23.2 Å². The van der Waals surface area contributed by atoms with Gasteiger partial charge >= 0.3 is 0 Å². The summed E-state index contributed by atoms with van der Waals surface area (Å²) in [6.45, 7) is 0. The Balaban J connectivity index is 3.25. The van der Waals surface area contributed by atoms with Crippen molar-refractivity contribution in [1.29, 1.82) is 0 Å². The Labute approximate surface area is 62.1 Å². The second kappa shape index (κ2) is 2.42. The zero-order valence-corrected chi connectivity index (χ0v) is 5.82. The van der Waals surface area contributed by atoms with Crippen LogP contribution in [0.15, 0.2) is 12.3 Å². The van der Waals surface area contributed by atoms with Crippen LogP contribution in [-0.2, 0) is 0 Å². The van der Waals surface area contributed by atoms with E-state index in [1.165, 1.54) is 12.3 Å². The van der Waals surface area contributed by atoms with E-state index < -0.39 is 0 Å². The van der Waals surface area contributed by atoms with Crippen LogP contribution in [0.1, 0.15) is 0 Å². The van der Waals surface area contributed by atoms with Crippen LogP contribution in [0.2, 0.25) is 10.2 Å². The van der Waals surface area contributed by atoms with Gasteiger partial charge in [-0.1, -0.05) is 23.2 Å². The second-order valence-corrected chi connectivity index (χ2v) is 2.20. The molecule has 0 unspecified atom stereocenters. The molecule has 0 saturated carbocycles. The van der Waals surface area contributed by atoms with Crippen molar-refractivity contribution in [3.05, 3.63) is 22.4 Å². The highest BCUT2D eigenvalue weighted by molar-refractivity contribution is 6.36. The minimum atomic E-state index is -0.166. The van der Waals surface area contributed by atoms with Crippen LogP contribution >= 0.6 is 23.2 Å². The SMILES string of the molecule is Oc1c(Cl)ccnc1Cl. The molecule has 1 aromatic rings.